The second-order valence-corrected chi connectivity index (χ2v) is 10.4. The van der Waals surface area contributed by atoms with Crippen molar-refractivity contribution in [2.45, 2.75) is 0 Å². The van der Waals surface area contributed by atoms with E-state index in [4.69, 9.17) is 14.4 Å². The number of aromatic nitrogens is 2. The molecule has 4 heteroatoms. The maximum atomic E-state index is 6.50. The van der Waals surface area contributed by atoms with Gasteiger partial charge in [-0.05, 0) is 17.7 Å². The molecule has 8 aromatic rings. The van der Waals surface area contributed by atoms with Crippen molar-refractivity contribution in [2.75, 3.05) is 0 Å². The van der Waals surface area contributed by atoms with Crippen molar-refractivity contribution in [3.8, 4) is 33.8 Å². The summed E-state index contributed by atoms with van der Waals surface area (Å²) in [6.45, 7) is 0. The van der Waals surface area contributed by atoms with E-state index < -0.39 is 0 Å². The summed E-state index contributed by atoms with van der Waals surface area (Å²) in [6.07, 6.45) is 0. The Kier molecular flexibility index (Phi) is 4.69. The Balaban J connectivity index is 1.46. The van der Waals surface area contributed by atoms with E-state index in [9.17, 15) is 0 Å². The Morgan fingerprint density at radius 3 is 2.08 bits per heavy atom. The van der Waals surface area contributed by atoms with E-state index >= 15 is 0 Å². The van der Waals surface area contributed by atoms with Crippen LogP contribution in [0.3, 0.4) is 0 Å². The Hall–Kier alpha value is -4.80. The first kappa shape index (κ1) is 21.3. The predicted octanol–water partition coefficient (Wildman–Crippen LogP) is 9.74. The Bertz CT molecular complexity index is 2130. The SMILES string of the molecule is c1ccc(-c2cccc3c2oc2cccc(-c4nc(-c5ccccc5)c5sc6ccccc6c5n4)c23)cc1. The second kappa shape index (κ2) is 8.37. The van der Waals surface area contributed by atoms with Gasteiger partial charge in [0.2, 0.25) is 0 Å². The molecule has 0 spiro atoms. The lowest BCUT2D eigenvalue weighted by Crippen LogP contribution is -1.94. The lowest BCUT2D eigenvalue weighted by Gasteiger charge is -2.08. The van der Waals surface area contributed by atoms with E-state index in [-0.39, 0.29) is 0 Å². The topological polar surface area (TPSA) is 38.9 Å². The first-order valence-corrected chi connectivity index (χ1v) is 13.4. The van der Waals surface area contributed by atoms with Crippen LogP contribution >= 0.6 is 11.3 Å². The predicted molar refractivity (Wildman–Crippen MR) is 159 cm³/mol. The number of thiophene rings is 1. The van der Waals surface area contributed by atoms with Gasteiger partial charge in [-0.3, -0.25) is 0 Å². The van der Waals surface area contributed by atoms with E-state index in [1.165, 1.54) is 4.70 Å². The van der Waals surface area contributed by atoms with E-state index in [2.05, 4.69) is 97.1 Å². The fraction of sp³-hybridized carbons (Fsp3) is 0. The van der Waals surface area contributed by atoms with Gasteiger partial charge in [-0.1, -0.05) is 109 Å². The van der Waals surface area contributed by atoms with Gasteiger partial charge in [-0.25, -0.2) is 9.97 Å². The summed E-state index contributed by atoms with van der Waals surface area (Å²) < 4.78 is 8.83. The molecule has 0 amide bonds. The number of fused-ring (bicyclic) bond motifs is 6. The summed E-state index contributed by atoms with van der Waals surface area (Å²) in [4.78, 5) is 10.4. The lowest BCUT2D eigenvalue weighted by molar-refractivity contribution is 0.670. The average molecular weight is 505 g/mol. The number of furan rings is 1. The van der Waals surface area contributed by atoms with E-state index in [1.54, 1.807) is 11.3 Å². The fourth-order valence-electron chi connectivity index (χ4n) is 5.38. The van der Waals surface area contributed by atoms with Gasteiger partial charge in [0.15, 0.2) is 5.82 Å². The van der Waals surface area contributed by atoms with Crippen LogP contribution in [0.5, 0.6) is 0 Å². The van der Waals surface area contributed by atoms with Crippen LogP contribution in [0.4, 0.5) is 0 Å². The van der Waals surface area contributed by atoms with Crippen molar-refractivity contribution < 1.29 is 4.42 Å². The van der Waals surface area contributed by atoms with Crippen LogP contribution in [-0.4, -0.2) is 9.97 Å². The van der Waals surface area contributed by atoms with E-state index in [1.807, 2.05) is 24.3 Å². The largest absolute Gasteiger partial charge is 0.455 e. The molecule has 0 aliphatic carbocycles. The minimum Gasteiger partial charge on any atom is -0.455 e. The number of rotatable bonds is 3. The highest BCUT2D eigenvalue weighted by molar-refractivity contribution is 7.26. The summed E-state index contributed by atoms with van der Waals surface area (Å²) in [6, 6.07) is 41.8. The van der Waals surface area contributed by atoms with Crippen molar-refractivity contribution in [1.82, 2.24) is 9.97 Å². The van der Waals surface area contributed by atoms with Crippen LogP contribution in [0.25, 0.3) is 76.0 Å². The molecule has 3 aromatic heterocycles. The molecule has 0 saturated heterocycles. The third-order valence-electron chi connectivity index (χ3n) is 7.12. The molecule has 0 aliphatic rings. The van der Waals surface area contributed by atoms with Crippen molar-refractivity contribution in [2.24, 2.45) is 0 Å². The van der Waals surface area contributed by atoms with Crippen molar-refractivity contribution in [1.29, 1.82) is 0 Å². The molecule has 0 atom stereocenters. The molecule has 3 nitrogen and oxygen atoms in total. The molecule has 0 aliphatic heterocycles. The third kappa shape index (κ3) is 3.21. The van der Waals surface area contributed by atoms with Gasteiger partial charge in [0.25, 0.3) is 0 Å². The molecular weight excluding hydrogens is 484 g/mol. The molecule has 5 aromatic carbocycles. The molecule has 0 unspecified atom stereocenters. The maximum Gasteiger partial charge on any atom is 0.161 e. The summed E-state index contributed by atoms with van der Waals surface area (Å²) in [5.41, 5.74) is 7.94. The van der Waals surface area contributed by atoms with Crippen LogP contribution in [0.1, 0.15) is 0 Å². The number of para-hydroxylation sites is 1. The summed E-state index contributed by atoms with van der Waals surface area (Å²) in [5.74, 6) is 0.707. The third-order valence-corrected chi connectivity index (χ3v) is 8.28. The molecule has 38 heavy (non-hydrogen) atoms. The molecule has 0 bridgehead atoms. The standard InChI is InChI=1S/C34H20N2OS/c1-3-11-21(12-4-1)23-16-9-17-25-29-26(18-10-19-27(29)37-32(23)25)34-35-30(22-13-5-2-6-14-22)33-31(36-34)24-15-7-8-20-28(24)38-33/h1-20H. The van der Waals surface area contributed by atoms with Gasteiger partial charge < -0.3 is 4.42 Å². The first-order valence-electron chi connectivity index (χ1n) is 12.6. The molecule has 0 fully saturated rings. The minimum absolute atomic E-state index is 0.707. The zero-order chi connectivity index (χ0) is 25.1. The first-order chi connectivity index (χ1) is 18.8. The number of benzene rings is 5. The van der Waals surface area contributed by atoms with Gasteiger partial charge >= 0.3 is 0 Å². The molecular formula is C34H20N2OS. The molecule has 0 saturated carbocycles. The summed E-state index contributed by atoms with van der Waals surface area (Å²) >= 11 is 1.75. The highest BCUT2D eigenvalue weighted by Crippen LogP contribution is 2.43. The normalized spacial score (nSPS) is 11.7. The average Bonchev–Trinajstić information content (AvgIpc) is 3.56. The number of hydrogen-bond donors (Lipinski definition) is 0. The number of hydrogen-bond acceptors (Lipinski definition) is 4. The molecule has 178 valence electrons. The summed E-state index contributed by atoms with van der Waals surface area (Å²) in [5, 5.41) is 3.26. The molecule has 0 N–H and O–H groups in total. The van der Waals surface area contributed by atoms with Gasteiger partial charge in [-0.15, -0.1) is 11.3 Å². The Morgan fingerprint density at radius 1 is 0.553 bits per heavy atom. The van der Waals surface area contributed by atoms with Gasteiger partial charge in [0.1, 0.15) is 11.2 Å². The van der Waals surface area contributed by atoms with Gasteiger partial charge in [0, 0.05) is 37.5 Å². The zero-order valence-electron chi connectivity index (χ0n) is 20.3. The smallest absolute Gasteiger partial charge is 0.161 e. The van der Waals surface area contributed by atoms with Crippen molar-refractivity contribution >= 4 is 53.6 Å². The highest BCUT2D eigenvalue weighted by Gasteiger charge is 2.20. The van der Waals surface area contributed by atoms with Crippen LogP contribution in [-0.2, 0) is 0 Å². The molecule has 3 heterocycles. The fourth-order valence-corrected chi connectivity index (χ4v) is 6.54. The van der Waals surface area contributed by atoms with Crippen LogP contribution in [0, 0.1) is 0 Å². The van der Waals surface area contributed by atoms with Crippen LogP contribution < -0.4 is 0 Å². The Labute approximate surface area is 222 Å². The van der Waals surface area contributed by atoms with E-state index in [0.29, 0.717) is 5.82 Å². The highest BCUT2D eigenvalue weighted by atomic mass is 32.1. The lowest BCUT2D eigenvalue weighted by atomic mass is 10.0. The Morgan fingerprint density at radius 2 is 1.24 bits per heavy atom. The molecule has 0 radical (unpaired) electrons. The second-order valence-electron chi connectivity index (χ2n) is 9.37. The summed E-state index contributed by atoms with van der Waals surface area (Å²) in [7, 11) is 0. The van der Waals surface area contributed by atoms with Crippen molar-refractivity contribution in [3.63, 3.8) is 0 Å². The van der Waals surface area contributed by atoms with Crippen molar-refractivity contribution in [3.05, 3.63) is 121 Å². The monoisotopic (exact) mass is 504 g/mol. The quantitative estimate of drug-likeness (QED) is 0.240. The van der Waals surface area contributed by atoms with Crippen LogP contribution in [0.2, 0.25) is 0 Å². The number of nitrogens with zero attached hydrogens (tertiary/aromatic N) is 2. The minimum atomic E-state index is 0.707. The van der Waals surface area contributed by atoms with Gasteiger partial charge in [-0.2, -0.15) is 0 Å². The van der Waals surface area contributed by atoms with Gasteiger partial charge in [0.05, 0.1) is 15.9 Å². The van der Waals surface area contributed by atoms with Crippen LogP contribution in [0.15, 0.2) is 126 Å². The zero-order valence-corrected chi connectivity index (χ0v) is 21.1. The van der Waals surface area contributed by atoms with E-state index in [0.717, 1.165) is 65.5 Å². The maximum absolute atomic E-state index is 6.50. The molecule has 8 rings (SSSR count).